The van der Waals surface area contributed by atoms with Gasteiger partial charge in [-0.05, 0) is 30.2 Å². The number of thiophene rings is 1. The van der Waals surface area contributed by atoms with Crippen LogP contribution in [-0.2, 0) is 11.2 Å². The van der Waals surface area contributed by atoms with Crippen LogP contribution in [-0.4, -0.2) is 51.4 Å². The summed E-state index contributed by atoms with van der Waals surface area (Å²) in [6, 6.07) is 11.8. The summed E-state index contributed by atoms with van der Waals surface area (Å²) in [4.78, 5) is 2.51. The number of aliphatic hydroxyl groups is 4. The summed E-state index contributed by atoms with van der Waals surface area (Å²) in [6.07, 6.45) is -4.84. The Kier molecular flexibility index (Phi) is 5.34. The van der Waals surface area contributed by atoms with E-state index in [0.717, 1.165) is 17.5 Å². The molecule has 5 atom stereocenters. The minimum Gasteiger partial charge on any atom is -0.394 e. The van der Waals surface area contributed by atoms with E-state index in [2.05, 4.69) is 19.1 Å². The third kappa shape index (κ3) is 3.54. The molecule has 0 radical (unpaired) electrons. The molecule has 0 bridgehead atoms. The highest BCUT2D eigenvalue weighted by atomic mass is 32.1. The van der Waals surface area contributed by atoms with E-state index < -0.39 is 37.1 Å². The number of rotatable bonds is 4. The van der Waals surface area contributed by atoms with Gasteiger partial charge in [0.05, 0.1) is 6.61 Å². The van der Waals surface area contributed by atoms with Crippen molar-refractivity contribution in [2.24, 2.45) is 0 Å². The maximum Gasteiger partial charge on any atom is 0.113 e. The molecule has 0 amide bonds. The summed E-state index contributed by atoms with van der Waals surface area (Å²) in [5, 5.41) is 39.4. The van der Waals surface area contributed by atoms with Crippen molar-refractivity contribution in [3.05, 3.63) is 57.3 Å². The lowest BCUT2D eigenvalue weighted by molar-refractivity contribution is -0.231. The standard InChI is InChI=1S/C18H22O5S/c1-10-5-6-13(24-10)8-11-3-2-4-12(7-11)18-17(22)16(21)15(20)14(9-19)23-18/h2-7,14-22H,8-9H2,1H3/t14?,15-,16?,17-,18?/m1/s1. The molecule has 5 nitrogen and oxygen atoms in total. The number of aliphatic hydroxyl groups excluding tert-OH is 4. The van der Waals surface area contributed by atoms with Crippen molar-refractivity contribution in [3.8, 4) is 0 Å². The van der Waals surface area contributed by atoms with E-state index in [4.69, 9.17) is 4.74 Å². The molecule has 130 valence electrons. The highest BCUT2D eigenvalue weighted by molar-refractivity contribution is 7.11. The van der Waals surface area contributed by atoms with Gasteiger partial charge in [0.2, 0.25) is 0 Å². The number of benzene rings is 1. The van der Waals surface area contributed by atoms with Gasteiger partial charge in [0.15, 0.2) is 0 Å². The van der Waals surface area contributed by atoms with Crippen LogP contribution in [0.4, 0.5) is 0 Å². The van der Waals surface area contributed by atoms with E-state index in [-0.39, 0.29) is 0 Å². The number of hydrogen-bond acceptors (Lipinski definition) is 6. The smallest absolute Gasteiger partial charge is 0.113 e. The second-order valence-electron chi connectivity index (χ2n) is 6.18. The highest BCUT2D eigenvalue weighted by Crippen LogP contribution is 2.33. The lowest BCUT2D eigenvalue weighted by atomic mass is 9.90. The summed E-state index contributed by atoms with van der Waals surface area (Å²) in [6.45, 7) is 1.65. The monoisotopic (exact) mass is 350 g/mol. The fourth-order valence-corrected chi connectivity index (χ4v) is 3.96. The predicted molar refractivity (Wildman–Crippen MR) is 91.0 cm³/mol. The zero-order valence-corrected chi connectivity index (χ0v) is 14.2. The van der Waals surface area contributed by atoms with Crippen LogP contribution in [0.1, 0.15) is 27.0 Å². The normalized spacial score (nSPS) is 30.5. The zero-order valence-electron chi connectivity index (χ0n) is 13.4. The van der Waals surface area contributed by atoms with Gasteiger partial charge in [-0.2, -0.15) is 0 Å². The molecule has 2 aromatic rings. The highest BCUT2D eigenvalue weighted by Gasteiger charge is 2.43. The predicted octanol–water partition coefficient (Wildman–Crippen LogP) is 1.16. The fraction of sp³-hybridized carbons (Fsp3) is 0.444. The second-order valence-corrected chi connectivity index (χ2v) is 7.56. The van der Waals surface area contributed by atoms with E-state index in [1.807, 2.05) is 24.3 Å². The van der Waals surface area contributed by atoms with Gasteiger partial charge in [0, 0.05) is 16.2 Å². The fourth-order valence-electron chi connectivity index (χ4n) is 3.04. The van der Waals surface area contributed by atoms with Crippen LogP contribution >= 0.6 is 11.3 Å². The molecule has 1 saturated heterocycles. The summed E-state index contributed by atoms with van der Waals surface area (Å²) in [7, 11) is 0. The van der Waals surface area contributed by atoms with Crippen molar-refractivity contribution in [1.29, 1.82) is 0 Å². The molecule has 3 rings (SSSR count). The quantitative estimate of drug-likeness (QED) is 0.664. The van der Waals surface area contributed by atoms with E-state index >= 15 is 0 Å². The van der Waals surface area contributed by atoms with Crippen LogP contribution in [0.25, 0.3) is 0 Å². The van der Waals surface area contributed by atoms with Crippen molar-refractivity contribution >= 4 is 11.3 Å². The van der Waals surface area contributed by atoms with E-state index in [0.29, 0.717) is 0 Å². The zero-order chi connectivity index (χ0) is 17.3. The van der Waals surface area contributed by atoms with Crippen molar-refractivity contribution in [3.63, 3.8) is 0 Å². The average Bonchev–Trinajstić information content (AvgIpc) is 2.98. The Labute approximate surface area is 144 Å². The molecule has 0 spiro atoms. The lowest BCUT2D eigenvalue weighted by Crippen LogP contribution is -2.55. The third-order valence-corrected chi connectivity index (χ3v) is 5.35. The molecule has 4 N–H and O–H groups in total. The van der Waals surface area contributed by atoms with Gasteiger partial charge < -0.3 is 25.2 Å². The first kappa shape index (κ1) is 17.5. The maximum absolute atomic E-state index is 10.2. The molecule has 1 aliphatic rings. The van der Waals surface area contributed by atoms with E-state index in [1.165, 1.54) is 9.75 Å². The molecule has 1 aromatic carbocycles. The first-order chi connectivity index (χ1) is 11.5. The minimum atomic E-state index is -1.36. The van der Waals surface area contributed by atoms with Gasteiger partial charge in [-0.1, -0.05) is 24.3 Å². The molecule has 1 aromatic heterocycles. The topological polar surface area (TPSA) is 90.2 Å². The van der Waals surface area contributed by atoms with Crippen molar-refractivity contribution < 1.29 is 25.2 Å². The molecule has 0 aliphatic carbocycles. The number of aryl methyl sites for hydroxylation is 1. The Hall–Kier alpha value is -1.28. The van der Waals surface area contributed by atoms with Crippen molar-refractivity contribution in [2.75, 3.05) is 6.61 Å². The van der Waals surface area contributed by atoms with Crippen LogP contribution in [0, 0.1) is 6.92 Å². The van der Waals surface area contributed by atoms with Gasteiger partial charge in [0.1, 0.15) is 30.5 Å². The Morgan fingerprint density at radius 1 is 1.04 bits per heavy atom. The average molecular weight is 350 g/mol. The molecule has 24 heavy (non-hydrogen) atoms. The molecular weight excluding hydrogens is 328 g/mol. The minimum absolute atomic E-state index is 0.421. The Balaban J connectivity index is 1.82. The first-order valence-electron chi connectivity index (χ1n) is 7.94. The summed E-state index contributed by atoms with van der Waals surface area (Å²) in [5.74, 6) is 0. The Morgan fingerprint density at radius 3 is 2.50 bits per heavy atom. The van der Waals surface area contributed by atoms with E-state index in [1.54, 1.807) is 11.3 Å². The van der Waals surface area contributed by atoms with Crippen LogP contribution in [0.2, 0.25) is 0 Å². The third-order valence-electron chi connectivity index (χ3n) is 4.35. The van der Waals surface area contributed by atoms with Gasteiger partial charge in [-0.3, -0.25) is 0 Å². The van der Waals surface area contributed by atoms with Crippen molar-refractivity contribution in [1.82, 2.24) is 0 Å². The molecule has 0 saturated carbocycles. The van der Waals surface area contributed by atoms with Crippen LogP contribution in [0.15, 0.2) is 36.4 Å². The summed E-state index contributed by atoms with van der Waals surface area (Å²) >= 11 is 1.74. The van der Waals surface area contributed by atoms with Gasteiger partial charge in [-0.15, -0.1) is 11.3 Å². The number of ether oxygens (including phenoxy) is 1. The molecule has 3 unspecified atom stereocenters. The summed E-state index contributed by atoms with van der Waals surface area (Å²) < 4.78 is 5.62. The Bertz CT molecular complexity index is 684. The van der Waals surface area contributed by atoms with Gasteiger partial charge in [-0.25, -0.2) is 0 Å². The van der Waals surface area contributed by atoms with Gasteiger partial charge >= 0.3 is 0 Å². The lowest BCUT2D eigenvalue weighted by Gasteiger charge is -2.40. The molecule has 6 heteroatoms. The SMILES string of the molecule is Cc1ccc(Cc2cccc(C3OC(CO)[C@@H](O)C(O)[C@H]3O)c2)s1. The van der Waals surface area contributed by atoms with Crippen LogP contribution < -0.4 is 0 Å². The molecule has 2 heterocycles. The van der Waals surface area contributed by atoms with Crippen LogP contribution in [0.5, 0.6) is 0 Å². The van der Waals surface area contributed by atoms with E-state index in [9.17, 15) is 20.4 Å². The van der Waals surface area contributed by atoms with Crippen molar-refractivity contribution in [2.45, 2.75) is 43.9 Å². The molecule has 1 fully saturated rings. The van der Waals surface area contributed by atoms with Gasteiger partial charge in [0.25, 0.3) is 0 Å². The second kappa shape index (κ2) is 7.31. The van der Waals surface area contributed by atoms with Crippen LogP contribution in [0.3, 0.4) is 0 Å². The first-order valence-corrected chi connectivity index (χ1v) is 8.76. The molecular formula is C18H22O5S. The maximum atomic E-state index is 10.2. The Morgan fingerprint density at radius 2 is 1.83 bits per heavy atom. The largest absolute Gasteiger partial charge is 0.394 e. The summed E-state index contributed by atoms with van der Waals surface area (Å²) in [5.41, 5.74) is 1.80. The molecule has 1 aliphatic heterocycles. The number of hydrogen-bond donors (Lipinski definition) is 4.